The van der Waals surface area contributed by atoms with Crippen molar-refractivity contribution in [1.29, 1.82) is 0 Å². The molecule has 2 fully saturated rings. The molecule has 5 atom stereocenters. The third-order valence-corrected chi connectivity index (χ3v) is 7.17. The van der Waals surface area contributed by atoms with Crippen molar-refractivity contribution in [3.8, 4) is 0 Å². The fourth-order valence-electron chi connectivity index (χ4n) is 5.01. The molecule has 3 unspecified atom stereocenters. The first kappa shape index (κ1) is 29.7. The highest BCUT2D eigenvalue weighted by atomic mass is 16.5. The Kier molecular flexibility index (Phi) is 11.3. The Hall–Kier alpha value is -2.57. The molecule has 2 aliphatic rings. The quantitative estimate of drug-likeness (QED) is 0.152. The fourth-order valence-corrected chi connectivity index (χ4v) is 5.01. The Morgan fingerprint density at radius 1 is 1.03 bits per heavy atom. The largest absolute Gasteiger partial charge is 0.469 e. The van der Waals surface area contributed by atoms with Crippen LogP contribution < -0.4 is 0 Å². The molecule has 0 aromatic rings. The molecule has 2 aliphatic carbocycles. The summed E-state index contributed by atoms with van der Waals surface area (Å²) >= 11 is 0. The lowest BCUT2D eigenvalue weighted by molar-refractivity contribution is -0.156. The lowest BCUT2D eigenvalue weighted by atomic mass is 9.83. The van der Waals surface area contributed by atoms with Crippen molar-refractivity contribution in [2.75, 3.05) is 7.11 Å². The summed E-state index contributed by atoms with van der Waals surface area (Å²) in [4.78, 5) is 61.4. The minimum Gasteiger partial charge on any atom is -0.469 e. The Bertz CT molecular complexity index is 877. The molecular formula is C29H42O7. The number of fused-ring (bicyclic) bond motifs is 2. The lowest BCUT2D eigenvalue weighted by Gasteiger charge is -2.23. The van der Waals surface area contributed by atoms with Crippen molar-refractivity contribution in [3.05, 3.63) is 24.3 Å². The minimum atomic E-state index is -0.877. The van der Waals surface area contributed by atoms with Crippen molar-refractivity contribution >= 4 is 29.3 Å². The van der Waals surface area contributed by atoms with E-state index in [2.05, 4.69) is 11.7 Å². The van der Waals surface area contributed by atoms with Crippen LogP contribution in [0.15, 0.2) is 24.3 Å². The van der Waals surface area contributed by atoms with Crippen LogP contribution in [0.2, 0.25) is 0 Å². The summed E-state index contributed by atoms with van der Waals surface area (Å²) in [6, 6.07) is 0. The summed E-state index contributed by atoms with van der Waals surface area (Å²) in [5.74, 6) is -3.99. The molecule has 2 rings (SSSR count). The smallest absolute Gasteiger partial charge is 0.311 e. The number of ether oxygens (including phenoxy) is 2. The fraction of sp³-hybridized carbons (Fsp3) is 0.690. The highest BCUT2D eigenvalue weighted by molar-refractivity contribution is 6.65. The molecular weight excluding hydrogens is 460 g/mol. The average Bonchev–Trinajstić information content (AvgIpc) is 3.17. The van der Waals surface area contributed by atoms with Gasteiger partial charge in [0.2, 0.25) is 11.6 Å². The van der Waals surface area contributed by atoms with Gasteiger partial charge in [-0.2, -0.15) is 0 Å². The molecule has 0 aliphatic heterocycles. The van der Waals surface area contributed by atoms with E-state index in [1.807, 2.05) is 45.1 Å². The van der Waals surface area contributed by atoms with Gasteiger partial charge in [0.1, 0.15) is 6.10 Å². The van der Waals surface area contributed by atoms with Crippen LogP contribution in [0.5, 0.6) is 0 Å². The number of unbranched alkanes of at least 4 members (excludes halogenated alkanes) is 3. The monoisotopic (exact) mass is 502 g/mol. The van der Waals surface area contributed by atoms with Crippen LogP contribution in [-0.2, 0) is 33.4 Å². The zero-order valence-corrected chi connectivity index (χ0v) is 22.4. The Morgan fingerprint density at radius 2 is 1.72 bits per heavy atom. The molecule has 0 spiro atoms. The number of methoxy groups -OCH3 is 1. The summed E-state index contributed by atoms with van der Waals surface area (Å²) in [7, 11) is 1.36. The minimum absolute atomic E-state index is 0.166. The first-order valence-corrected chi connectivity index (χ1v) is 13.2. The molecule has 0 saturated heterocycles. The first-order valence-electron chi connectivity index (χ1n) is 13.2. The molecule has 0 aromatic carbocycles. The number of Topliss-reactive ketones (excluding diaryl/α,β-unsaturated/α-hetero) is 3. The Balaban J connectivity index is 2.18. The highest BCUT2D eigenvalue weighted by Gasteiger charge is 2.55. The number of carbonyl (C=O) groups is 5. The van der Waals surface area contributed by atoms with Crippen molar-refractivity contribution in [2.24, 2.45) is 29.1 Å². The Morgan fingerprint density at radius 3 is 2.36 bits per heavy atom. The standard InChI is InChI=1S/C29H42O7/c1-6-7-10-13-19(36-28(34)29(2,3)4)16-17-21-20(14-11-8-9-12-15-24(30)35-5)22-18-23(21)26(32)27(33)25(22)31/h8,11,16-17,19-23H,6-7,9-10,12-15,18H2,1-5H3/b11-8-,17-16+/t19?,20?,21?,22-,23-/m0/s1. The predicted octanol–water partition coefficient (Wildman–Crippen LogP) is 4.96. The second-order valence-corrected chi connectivity index (χ2v) is 11.0. The maximum atomic E-state index is 12.7. The summed E-state index contributed by atoms with van der Waals surface area (Å²) < 4.78 is 10.4. The molecule has 2 bridgehead atoms. The van der Waals surface area contributed by atoms with E-state index in [9.17, 15) is 24.0 Å². The molecule has 0 heterocycles. The van der Waals surface area contributed by atoms with Gasteiger partial charge in [-0.15, -0.1) is 0 Å². The molecule has 36 heavy (non-hydrogen) atoms. The second-order valence-electron chi connectivity index (χ2n) is 11.0. The van der Waals surface area contributed by atoms with Gasteiger partial charge < -0.3 is 9.47 Å². The second kappa shape index (κ2) is 13.7. The van der Waals surface area contributed by atoms with Gasteiger partial charge in [-0.25, -0.2) is 0 Å². The summed E-state index contributed by atoms with van der Waals surface area (Å²) in [6.45, 7) is 7.54. The molecule has 2 saturated carbocycles. The molecule has 200 valence electrons. The molecule has 0 aromatic heterocycles. The van der Waals surface area contributed by atoms with Gasteiger partial charge in [0, 0.05) is 18.3 Å². The van der Waals surface area contributed by atoms with E-state index >= 15 is 0 Å². The number of hydrogen-bond donors (Lipinski definition) is 0. The maximum absolute atomic E-state index is 12.7. The van der Waals surface area contributed by atoms with E-state index in [0.29, 0.717) is 38.5 Å². The van der Waals surface area contributed by atoms with Crippen molar-refractivity contribution in [1.82, 2.24) is 0 Å². The van der Waals surface area contributed by atoms with E-state index in [1.165, 1.54) is 7.11 Å². The zero-order valence-electron chi connectivity index (χ0n) is 22.4. The van der Waals surface area contributed by atoms with Gasteiger partial charge in [0.25, 0.3) is 5.78 Å². The summed E-state index contributed by atoms with van der Waals surface area (Å²) in [5, 5.41) is 0. The number of rotatable bonds is 13. The van der Waals surface area contributed by atoms with Crippen LogP contribution in [0.25, 0.3) is 0 Å². The van der Waals surface area contributed by atoms with Crippen LogP contribution in [0.3, 0.4) is 0 Å². The van der Waals surface area contributed by atoms with Crippen molar-refractivity contribution < 1.29 is 33.4 Å². The van der Waals surface area contributed by atoms with Crippen LogP contribution >= 0.6 is 0 Å². The molecule has 7 heteroatoms. The van der Waals surface area contributed by atoms with Gasteiger partial charge in [0.05, 0.1) is 12.5 Å². The van der Waals surface area contributed by atoms with Crippen molar-refractivity contribution in [3.63, 3.8) is 0 Å². The topological polar surface area (TPSA) is 104 Å². The average molecular weight is 503 g/mol. The van der Waals surface area contributed by atoms with Crippen molar-refractivity contribution in [2.45, 2.75) is 91.6 Å². The van der Waals surface area contributed by atoms with Gasteiger partial charge in [-0.3, -0.25) is 24.0 Å². The first-order chi connectivity index (χ1) is 17.0. The molecule has 7 nitrogen and oxygen atoms in total. The number of ketones is 3. The third-order valence-electron chi connectivity index (χ3n) is 7.17. The van der Waals surface area contributed by atoms with Crippen LogP contribution in [0.4, 0.5) is 0 Å². The predicted molar refractivity (Wildman–Crippen MR) is 136 cm³/mol. The third kappa shape index (κ3) is 7.97. The molecule has 0 N–H and O–H groups in total. The maximum Gasteiger partial charge on any atom is 0.311 e. The van der Waals surface area contributed by atoms with E-state index in [1.54, 1.807) is 0 Å². The Labute approximate surface area is 215 Å². The molecule has 0 amide bonds. The lowest BCUT2D eigenvalue weighted by Crippen LogP contribution is -2.38. The highest BCUT2D eigenvalue weighted by Crippen LogP contribution is 2.48. The van der Waals surface area contributed by atoms with Crippen LogP contribution in [0.1, 0.15) is 85.5 Å². The normalized spacial score (nSPS) is 25.1. The zero-order chi connectivity index (χ0) is 26.9. The summed E-state index contributed by atoms with van der Waals surface area (Å²) in [6.07, 6.45) is 13.6. The van der Waals surface area contributed by atoms with Gasteiger partial charge in [0.15, 0.2) is 0 Å². The van der Waals surface area contributed by atoms with Crippen LogP contribution in [-0.4, -0.2) is 42.5 Å². The SMILES string of the molecule is CCCCCC(/C=C/C1C(C/C=C\CCCC(=O)OC)[C@@H]2C[C@@H]1C(=O)C(=O)C2=O)OC(=O)C(C)(C)C. The van der Waals surface area contributed by atoms with E-state index < -0.39 is 40.7 Å². The number of allylic oxidation sites excluding steroid dienone is 3. The van der Waals surface area contributed by atoms with Gasteiger partial charge >= 0.3 is 11.9 Å². The number of carbonyl (C=O) groups excluding carboxylic acids is 5. The van der Waals surface area contributed by atoms with E-state index in [4.69, 9.17) is 4.74 Å². The van der Waals surface area contributed by atoms with Gasteiger partial charge in [-0.1, -0.05) is 38.0 Å². The van der Waals surface area contributed by atoms with E-state index in [-0.39, 0.29) is 23.8 Å². The van der Waals surface area contributed by atoms with Gasteiger partial charge in [-0.05, 0) is 77.2 Å². The summed E-state index contributed by atoms with van der Waals surface area (Å²) in [5.41, 5.74) is -0.628. The van der Waals surface area contributed by atoms with E-state index in [0.717, 1.165) is 19.3 Å². The molecule has 0 radical (unpaired) electrons. The number of hydrogen-bond acceptors (Lipinski definition) is 7. The van der Waals surface area contributed by atoms with Crippen LogP contribution in [0, 0.1) is 29.1 Å². The number of esters is 2.